The minimum absolute atomic E-state index is 0.378. The predicted octanol–water partition coefficient (Wildman–Crippen LogP) is 1.59. The highest BCUT2D eigenvalue weighted by molar-refractivity contribution is 5.80. The van der Waals surface area contributed by atoms with Gasteiger partial charge in [0.05, 0.1) is 5.69 Å². The summed E-state index contributed by atoms with van der Waals surface area (Å²) in [7, 11) is 0. The molecule has 2 rings (SSSR count). The van der Waals surface area contributed by atoms with Crippen LogP contribution in [0.15, 0.2) is 39.5 Å². The van der Waals surface area contributed by atoms with Crippen molar-refractivity contribution in [2.24, 2.45) is 0 Å². The Bertz CT molecular complexity index is 489. The van der Waals surface area contributed by atoms with Crippen LogP contribution in [0.1, 0.15) is 0 Å². The molecule has 1 heterocycles. The molecule has 0 amide bonds. The van der Waals surface area contributed by atoms with Gasteiger partial charge in [-0.3, -0.25) is 10.7 Å². The Kier molecular flexibility index (Phi) is 1.75. The summed E-state index contributed by atoms with van der Waals surface area (Å²) < 4.78 is 4.90. The molecule has 0 fully saturated rings. The van der Waals surface area contributed by atoms with Gasteiger partial charge in [0.15, 0.2) is 0 Å². The lowest BCUT2D eigenvalue weighted by Gasteiger charge is -1.99. The van der Waals surface area contributed by atoms with E-state index in [2.05, 4.69) is 0 Å². The molecule has 0 aliphatic carbocycles. The molecule has 13 heavy (non-hydrogen) atoms. The molecule has 1 aromatic carbocycles. The van der Waals surface area contributed by atoms with Crippen molar-refractivity contribution < 1.29 is 9.62 Å². The Morgan fingerprint density at radius 3 is 2.85 bits per heavy atom. The van der Waals surface area contributed by atoms with Gasteiger partial charge in [-0.1, -0.05) is 0 Å². The van der Waals surface area contributed by atoms with Crippen LogP contribution in [0.2, 0.25) is 0 Å². The monoisotopic (exact) mass is 177 g/mol. The molecule has 2 aromatic rings. The first-order valence-electron chi connectivity index (χ1n) is 3.73. The first-order valence-corrected chi connectivity index (χ1v) is 3.73. The highest BCUT2D eigenvalue weighted by Gasteiger charge is 1.97. The molecule has 66 valence electrons. The number of hydrogen-bond donors (Lipinski definition) is 2. The lowest BCUT2D eigenvalue weighted by atomic mass is 10.2. The van der Waals surface area contributed by atoms with Crippen LogP contribution in [0.3, 0.4) is 0 Å². The van der Waals surface area contributed by atoms with Crippen LogP contribution in [0.4, 0.5) is 5.69 Å². The molecule has 0 aliphatic heterocycles. The van der Waals surface area contributed by atoms with Gasteiger partial charge in [-0.05, 0) is 24.3 Å². The first-order chi connectivity index (χ1) is 6.29. The van der Waals surface area contributed by atoms with Gasteiger partial charge in [0, 0.05) is 11.5 Å². The average Bonchev–Trinajstić information content (AvgIpc) is 2.17. The molecule has 0 unspecified atom stereocenters. The fourth-order valence-electron chi connectivity index (χ4n) is 1.14. The van der Waals surface area contributed by atoms with E-state index < -0.39 is 0 Å². The zero-order valence-electron chi connectivity index (χ0n) is 6.65. The second-order valence-electron chi connectivity index (χ2n) is 2.62. The summed E-state index contributed by atoms with van der Waals surface area (Å²) in [5.74, 6) is 0. The molecular formula is C9H7NO3. The Morgan fingerprint density at radius 1 is 1.23 bits per heavy atom. The van der Waals surface area contributed by atoms with Crippen LogP contribution in [-0.2, 0) is 0 Å². The van der Waals surface area contributed by atoms with Crippen LogP contribution in [0.25, 0.3) is 11.0 Å². The van der Waals surface area contributed by atoms with Crippen LogP contribution < -0.4 is 11.1 Å². The molecule has 0 radical (unpaired) electrons. The van der Waals surface area contributed by atoms with E-state index in [0.717, 1.165) is 5.39 Å². The van der Waals surface area contributed by atoms with Crippen LogP contribution in [0, 0.1) is 0 Å². The van der Waals surface area contributed by atoms with Crippen molar-refractivity contribution in [1.29, 1.82) is 0 Å². The number of nitrogens with one attached hydrogen (secondary N) is 1. The van der Waals surface area contributed by atoms with Crippen LogP contribution in [0.5, 0.6) is 0 Å². The summed E-state index contributed by atoms with van der Waals surface area (Å²) in [6.45, 7) is 0. The maximum absolute atomic E-state index is 10.8. The molecule has 0 atom stereocenters. The number of rotatable bonds is 1. The SMILES string of the molecule is O=c1ccc2cc(NO)ccc2o1. The number of anilines is 1. The van der Waals surface area contributed by atoms with E-state index in [1.165, 1.54) is 6.07 Å². The minimum Gasteiger partial charge on any atom is -0.423 e. The summed E-state index contributed by atoms with van der Waals surface area (Å²) in [5, 5.41) is 9.37. The fraction of sp³-hybridized carbons (Fsp3) is 0. The summed E-state index contributed by atoms with van der Waals surface area (Å²) in [4.78, 5) is 10.8. The number of fused-ring (bicyclic) bond motifs is 1. The third-order valence-electron chi connectivity index (χ3n) is 1.75. The smallest absolute Gasteiger partial charge is 0.336 e. The Morgan fingerprint density at radius 2 is 2.08 bits per heavy atom. The van der Waals surface area contributed by atoms with E-state index in [1.807, 2.05) is 5.48 Å². The topological polar surface area (TPSA) is 62.5 Å². The summed E-state index contributed by atoms with van der Waals surface area (Å²) >= 11 is 0. The van der Waals surface area contributed by atoms with Gasteiger partial charge in [0.2, 0.25) is 0 Å². The van der Waals surface area contributed by atoms with Crippen molar-refractivity contribution in [3.63, 3.8) is 0 Å². The van der Waals surface area contributed by atoms with Gasteiger partial charge in [-0.2, -0.15) is 0 Å². The summed E-state index contributed by atoms with van der Waals surface area (Å²) in [6, 6.07) is 7.89. The fourth-order valence-corrected chi connectivity index (χ4v) is 1.14. The van der Waals surface area contributed by atoms with Crippen molar-refractivity contribution in [1.82, 2.24) is 0 Å². The van der Waals surface area contributed by atoms with Gasteiger partial charge < -0.3 is 4.42 Å². The van der Waals surface area contributed by atoms with Gasteiger partial charge >= 0.3 is 5.63 Å². The zero-order valence-corrected chi connectivity index (χ0v) is 6.65. The molecule has 0 spiro atoms. The highest BCUT2D eigenvalue weighted by Crippen LogP contribution is 2.16. The highest BCUT2D eigenvalue weighted by atomic mass is 16.5. The molecular weight excluding hydrogens is 170 g/mol. The molecule has 0 saturated carbocycles. The largest absolute Gasteiger partial charge is 0.423 e. The Hall–Kier alpha value is -1.81. The van der Waals surface area contributed by atoms with Gasteiger partial charge in [0.25, 0.3) is 0 Å². The normalized spacial score (nSPS) is 10.2. The molecule has 0 saturated heterocycles. The van der Waals surface area contributed by atoms with Crippen molar-refractivity contribution in [2.75, 3.05) is 5.48 Å². The van der Waals surface area contributed by atoms with Crippen molar-refractivity contribution >= 4 is 16.7 Å². The Labute approximate surface area is 73.4 Å². The number of benzene rings is 1. The molecule has 4 heteroatoms. The molecule has 0 bridgehead atoms. The van der Waals surface area contributed by atoms with Crippen LogP contribution in [-0.4, -0.2) is 5.21 Å². The molecule has 1 aromatic heterocycles. The number of hydrogen-bond acceptors (Lipinski definition) is 4. The van der Waals surface area contributed by atoms with Crippen molar-refractivity contribution in [2.45, 2.75) is 0 Å². The second kappa shape index (κ2) is 2.91. The van der Waals surface area contributed by atoms with E-state index in [4.69, 9.17) is 9.62 Å². The average molecular weight is 177 g/mol. The minimum atomic E-state index is -0.378. The third kappa shape index (κ3) is 1.39. The lowest BCUT2D eigenvalue weighted by molar-refractivity contribution is 0.389. The van der Waals surface area contributed by atoms with E-state index >= 15 is 0 Å². The van der Waals surface area contributed by atoms with E-state index in [-0.39, 0.29) is 5.63 Å². The molecule has 0 aliphatic rings. The second-order valence-corrected chi connectivity index (χ2v) is 2.62. The van der Waals surface area contributed by atoms with Crippen molar-refractivity contribution in [3.8, 4) is 0 Å². The van der Waals surface area contributed by atoms with E-state index in [1.54, 1.807) is 24.3 Å². The first kappa shape index (κ1) is 7.82. The molecule has 4 nitrogen and oxygen atoms in total. The standard InChI is InChI=1S/C9H7NO3/c11-9-4-1-6-5-7(10-12)2-3-8(6)13-9/h1-5,10,12H. The van der Waals surface area contributed by atoms with Gasteiger partial charge in [-0.15, -0.1) is 0 Å². The van der Waals surface area contributed by atoms with Gasteiger partial charge in [-0.25, -0.2) is 4.79 Å². The molecule has 2 N–H and O–H groups in total. The lowest BCUT2D eigenvalue weighted by Crippen LogP contribution is -1.95. The Balaban J connectivity index is 2.73. The maximum Gasteiger partial charge on any atom is 0.336 e. The summed E-state index contributed by atoms with van der Waals surface area (Å²) in [5.41, 5.74) is 2.70. The maximum atomic E-state index is 10.8. The predicted molar refractivity (Wildman–Crippen MR) is 47.9 cm³/mol. The van der Waals surface area contributed by atoms with E-state index in [9.17, 15) is 4.79 Å². The quantitative estimate of drug-likeness (QED) is 0.513. The zero-order chi connectivity index (χ0) is 9.26. The third-order valence-corrected chi connectivity index (χ3v) is 1.75. The van der Waals surface area contributed by atoms with E-state index in [0.29, 0.717) is 11.3 Å². The summed E-state index contributed by atoms with van der Waals surface area (Å²) in [6.07, 6.45) is 0. The van der Waals surface area contributed by atoms with Crippen molar-refractivity contribution in [3.05, 3.63) is 40.8 Å². The van der Waals surface area contributed by atoms with Gasteiger partial charge in [0.1, 0.15) is 5.58 Å². The van der Waals surface area contributed by atoms with Crippen LogP contribution >= 0.6 is 0 Å².